The summed E-state index contributed by atoms with van der Waals surface area (Å²) in [7, 11) is 0. The largest absolute Gasteiger partial charge is 0.391 e. The minimum Gasteiger partial charge on any atom is -0.391 e. The number of β-amino-alcohol motifs (C(OH)–C–C–N with tert-alkyl or cyclic N) is 1. The normalized spacial score (nSPS) is 17.1. The molecule has 0 bridgehead atoms. The third-order valence-electron chi connectivity index (χ3n) is 4.79. The molecule has 1 saturated heterocycles. The zero-order chi connectivity index (χ0) is 19.5. The monoisotopic (exact) mass is 376 g/mol. The second-order valence-corrected chi connectivity index (χ2v) is 6.67. The average Bonchev–Trinajstić information content (AvgIpc) is 3.35. The number of aliphatic hydroxyl groups is 1. The summed E-state index contributed by atoms with van der Waals surface area (Å²) in [5.41, 5.74) is 10.7. The lowest BCUT2D eigenvalue weighted by Gasteiger charge is -2.15. The molecular weight excluding hydrogens is 356 g/mol. The SMILES string of the molecule is N=N/C(=C\Nc1ccc(C(=O)N2CCC(O)C2)cc1)c1n[nH]c2ccccc12. The molecule has 8 heteroatoms. The molecule has 4 N–H and O–H groups in total. The molecule has 0 spiro atoms. The van der Waals surface area contributed by atoms with Crippen molar-refractivity contribution < 1.29 is 9.90 Å². The number of aliphatic hydroxyl groups excluding tert-OH is 1. The Morgan fingerprint density at radius 3 is 2.79 bits per heavy atom. The van der Waals surface area contributed by atoms with Gasteiger partial charge in [0, 0.05) is 35.9 Å². The molecule has 0 saturated carbocycles. The number of H-pyrrole nitrogens is 1. The van der Waals surface area contributed by atoms with Gasteiger partial charge < -0.3 is 15.3 Å². The van der Waals surface area contributed by atoms with Crippen LogP contribution < -0.4 is 5.32 Å². The zero-order valence-corrected chi connectivity index (χ0v) is 15.1. The number of carbonyl (C=O) groups is 1. The first-order valence-electron chi connectivity index (χ1n) is 9.01. The molecule has 2 aromatic carbocycles. The van der Waals surface area contributed by atoms with Crippen molar-refractivity contribution in [2.45, 2.75) is 12.5 Å². The van der Waals surface area contributed by atoms with E-state index in [-0.39, 0.29) is 5.91 Å². The van der Waals surface area contributed by atoms with E-state index in [0.29, 0.717) is 36.5 Å². The van der Waals surface area contributed by atoms with Gasteiger partial charge in [0.05, 0.1) is 11.6 Å². The van der Waals surface area contributed by atoms with Gasteiger partial charge >= 0.3 is 0 Å². The molecule has 4 rings (SSSR count). The Hall–Kier alpha value is -3.52. The third kappa shape index (κ3) is 3.49. The van der Waals surface area contributed by atoms with Crippen LogP contribution in [0.4, 0.5) is 5.69 Å². The highest BCUT2D eigenvalue weighted by molar-refractivity contribution is 5.95. The van der Waals surface area contributed by atoms with Crippen molar-refractivity contribution in [1.29, 1.82) is 5.53 Å². The fourth-order valence-electron chi connectivity index (χ4n) is 3.28. The van der Waals surface area contributed by atoms with Gasteiger partial charge in [-0.05, 0) is 36.8 Å². The Kier molecular flexibility index (Phi) is 4.86. The molecule has 1 aromatic heterocycles. The molecule has 28 heavy (non-hydrogen) atoms. The maximum absolute atomic E-state index is 12.4. The van der Waals surface area contributed by atoms with Crippen LogP contribution in [0.2, 0.25) is 0 Å². The summed E-state index contributed by atoms with van der Waals surface area (Å²) in [5, 5.41) is 24.3. The lowest BCUT2D eigenvalue weighted by Crippen LogP contribution is -2.29. The third-order valence-corrected chi connectivity index (χ3v) is 4.79. The van der Waals surface area contributed by atoms with E-state index >= 15 is 0 Å². The molecule has 1 aliphatic heterocycles. The lowest BCUT2D eigenvalue weighted by molar-refractivity contribution is 0.0765. The van der Waals surface area contributed by atoms with Crippen molar-refractivity contribution in [3.05, 3.63) is 66.0 Å². The first-order valence-corrected chi connectivity index (χ1v) is 9.01. The molecule has 0 aliphatic carbocycles. The molecule has 1 amide bonds. The first kappa shape index (κ1) is 17.9. The van der Waals surface area contributed by atoms with Gasteiger partial charge in [0.2, 0.25) is 0 Å². The highest BCUT2D eigenvalue weighted by Crippen LogP contribution is 2.23. The molecule has 142 valence electrons. The summed E-state index contributed by atoms with van der Waals surface area (Å²) in [4.78, 5) is 14.1. The van der Waals surface area contributed by atoms with Crippen molar-refractivity contribution >= 4 is 28.2 Å². The Labute approximate surface area is 161 Å². The number of carbonyl (C=O) groups excluding carboxylic acids is 1. The van der Waals surface area contributed by atoms with Gasteiger partial charge in [-0.25, -0.2) is 5.53 Å². The average molecular weight is 376 g/mol. The molecule has 1 atom stereocenters. The number of anilines is 1. The van der Waals surface area contributed by atoms with Crippen LogP contribution in [0.15, 0.2) is 59.8 Å². The minimum absolute atomic E-state index is 0.0801. The Bertz CT molecular complexity index is 1040. The summed E-state index contributed by atoms with van der Waals surface area (Å²) in [5.74, 6) is -0.0801. The molecule has 2 heterocycles. The molecular formula is C20H20N6O2. The van der Waals surface area contributed by atoms with E-state index in [4.69, 9.17) is 5.53 Å². The zero-order valence-electron chi connectivity index (χ0n) is 15.1. The van der Waals surface area contributed by atoms with E-state index in [1.807, 2.05) is 24.3 Å². The molecule has 8 nitrogen and oxygen atoms in total. The number of para-hydroxylation sites is 1. The number of amides is 1. The number of hydrogen-bond donors (Lipinski definition) is 4. The van der Waals surface area contributed by atoms with Gasteiger partial charge in [-0.1, -0.05) is 18.2 Å². The van der Waals surface area contributed by atoms with Crippen LogP contribution in [0.1, 0.15) is 22.5 Å². The number of nitrogens with zero attached hydrogens (tertiary/aromatic N) is 3. The fourth-order valence-corrected chi connectivity index (χ4v) is 3.28. The van der Waals surface area contributed by atoms with Crippen LogP contribution >= 0.6 is 0 Å². The van der Waals surface area contributed by atoms with Gasteiger partial charge in [0.25, 0.3) is 5.91 Å². The van der Waals surface area contributed by atoms with Crippen LogP contribution in [0.5, 0.6) is 0 Å². The second-order valence-electron chi connectivity index (χ2n) is 6.67. The Morgan fingerprint density at radius 1 is 1.29 bits per heavy atom. The van der Waals surface area contributed by atoms with E-state index < -0.39 is 6.10 Å². The molecule has 0 radical (unpaired) electrons. The van der Waals surface area contributed by atoms with Crippen LogP contribution in [0, 0.1) is 5.53 Å². The number of aromatic nitrogens is 2. The van der Waals surface area contributed by atoms with E-state index in [9.17, 15) is 9.90 Å². The second kappa shape index (κ2) is 7.61. The van der Waals surface area contributed by atoms with Crippen molar-refractivity contribution in [3.8, 4) is 0 Å². The first-order chi connectivity index (χ1) is 13.7. The van der Waals surface area contributed by atoms with Gasteiger partial charge in [-0.15, -0.1) is 0 Å². The van der Waals surface area contributed by atoms with E-state index in [1.54, 1.807) is 35.4 Å². The highest BCUT2D eigenvalue weighted by Gasteiger charge is 2.25. The van der Waals surface area contributed by atoms with Crippen molar-refractivity contribution in [2.24, 2.45) is 5.11 Å². The number of hydrogen-bond acceptors (Lipinski definition) is 6. The van der Waals surface area contributed by atoms with Crippen molar-refractivity contribution in [3.63, 3.8) is 0 Å². The number of fused-ring (bicyclic) bond motifs is 1. The van der Waals surface area contributed by atoms with E-state index in [2.05, 4.69) is 20.6 Å². The molecule has 1 unspecified atom stereocenters. The minimum atomic E-state index is -0.430. The van der Waals surface area contributed by atoms with Crippen LogP contribution in [-0.2, 0) is 0 Å². The summed E-state index contributed by atoms with van der Waals surface area (Å²) < 4.78 is 0. The van der Waals surface area contributed by atoms with Gasteiger partial charge in [-0.2, -0.15) is 10.2 Å². The fraction of sp³-hybridized carbons (Fsp3) is 0.200. The molecule has 1 fully saturated rings. The van der Waals surface area contributed by atoms with Crippen LogP contribution in [0.3, 0.4) is 0 Å². The summed E-state index contributed by atoms with van der Waals surface area (Å²) >= 11 is 0. The Balaban J connectivity index is 1.49. The number of aromatic amines is 1. The maximum atomic E-state index is 12.4. The van der Waals surface area contributed by atoms with Crippen molar-refractivity contribution in [1.82, 2.24) is 15.1 Å². The number of nitrogens with one attached hydrogen (secondary N) is 3. The smallest absolute Gasteiger partial charge is 0.253 e. The van der Waals surface area contributed by atoms with Crippen molar-refractivity contribution in [2.75, 3.05) is 18.4 Å². The molecule has 1 aliphatic rings. The molecule has 3 aromatic rings. The summed E-state index contributed by atoms with van der Waals surface area (Å²) in [6.07, 6.45) is 1.81. The Morgan fingerprint density at radius 2 is 2.07 bits per heavy atom. The van der Waals surface area contributed by atoms with Crippen LogP contribution in [-0.4, -0.2) is 45.3 Å². The van der Waals surface area contributed by atoms with Crippen LogP contribution in [0.25, 0.3) is 16.6 Å². The van der Waals surface area contributed by atoms with Gasteiger partial charge in [-0.3, -0.25) is 9.89 Å². The maximum Gasteiger partial charge on any atom is 0.253 e. The quantitative estimate of drug-likeness (QED) is 0.511. The number of benzene rings is 2. The number of likely N-dealkylation sites (tertiary alicyclic amines) is 1. The standard InChI is InChI=1S/C20H20N6O2/c21-23-18(19-16-3-1-2-4-17(16)24-25-19)11-22-14-7-5-13(6-8-14)20(28)26-10-9-15(27)12-26/h1-8,11,15,21-22,27H,9-10,12H2,(H,24,25)/b18-11-,23-21?. The lowest BCUT2D eigenvalue weighted by atomic mass is 10.1. The predicted molar refractivity (Wildman–Crippen MR) is 106 cm³/mol. The summed E-state index contributed by atoms with van der Waals surface area (Å²) in [6, 6.07) is 14.7. The highest BCUT2D eigenvalue weighted by atomic mass is 16.3. The van der Waals surface area contributed by atoms with E-state index in [0.717, 1.165) is 16.6 Å². The van der Waals surface area contributed by atoms with Gasteiger partial charge in [0.1, 0.15) is 11.4 Å². The van der Waals surface area contributed by atoms with E-state index in [1.165, 1.54) is 0 Å². The topological polar surface area (TPSA) is 117 Å². The predicted octanol–water partition coefficient (Wildman–Crippen LogP) is 3.21. The van der Waals surface area contributed by atoms with Gasteiger partial charge in [0.15, 0.2) is 0 Å². The summed E-state index contributed by atoms with van der Waals surface area (Å²) in [6.45, 7) is 0.961. The number of rotatable bonds is 5.